The molecule has 0 unspecified atom stereocenters. The predicted octanol–water partition coefficient (Wildman–Crippen LogP) is 1.85. The van der Waals surface area contributed by atoms with Gasteiger partial charge in [-0.05, 0) is 56.6 Å². The van der Waals surface area contributed by atoms with Crippen LogP contribution in [-0.2, 0) is 13.1 Å². The molecule has 39 heavy (non-hydrogen) atoms. The van der Waals surface area contributed by atoms with Crippen molar-refractivity contribution in [2.24, 2.45) is 0 Å². The highest BCUT2D eigenvalue weighted by molar-refractivity contribution is 5.79. The van der Waals surface area contributed by atoms with Crippen molar-refractivity contribution in [3.05, 3.63) is 109 Å². The van der Waals surface area contributed by atoms with Gasteiger partial charge < -0.3 is 10.2 Å². The van der Waals surface area contributed by atoms with E-state index in [1.54, 1.807) is 33.3 Å². The molecule has 5 rings (SSSR count). The monoisotopic (exact) mass is 534 g/mol. The maximum atomic E-state index is 14.7. The third-order valence-electron chi connectivity index (χ3n) is 6.20. The van der Waals surface area contributed by atoms with Crippen LogP contribution in [0.2, 0.25) is 0 Å². The molecule has 3 aromatic heterocycles. The molecule has 0 aliphatic heterocycles. The summed E-state index contributed by atoms with van der Waals surface area (Å²) in [6.45, 7) is -0.306. The number of nitrogens with one attached hydrogen (secondary N) is 2. The molecule has 0 radical (unpaired) electrons. The zero-order valence-corrected chi connectivity index (χ0v) is 21.3. The molecule has 13 heteroatoms. The predicted molar refractivity (Wildman–Crippen MR) is 142 cm³/mol. The summed E-state index contributed by atoms with van der Waals surface area (Å²) in [7, 11) is 5.39. The summed E-state index contributed by atoms with van der Waals surface area (Å²) < 4.78 is 32.7. The highest BCUT2D eigenvalue weighted by Gasteiger charge is 2.25. The Morgan fingerprint density at radius 1 is 0.974 bits per heavy atom. The molecule has 0 atom stereocenters. The molecule has 0 amide bonds. The van der Waals surface area contributed by atoms with Crippen molar-refractivity contribution in [1.82, 2.24) is 34.0 Å². The molecule has 0 fully saturated rings. The number of aromatic nitrogens is 6. The molecule has 200 valence electrons. The second-order valence-electron chi connectivity index (χ2n) is 9.08. The lowest BCUT2D eigenvalue weighted by Crippen LogP contribution is -2.40. The van der Waals surface area contributed by atoms with Crippen molar-refractivity contribution in [2.75, 3.05) is 26.5 Å². The first-order chi connectivity index (χ1) is 18.7. The van der Waals surface area contributed by atoms with Crippen LogP contribution >= 0.6 is 0 Å². The maximum absolute atomic E-state index is 14.7. The summed E-state index contributed by atoms with van der Waals surface area (Å²) in [5, 5.41) is 13.8. The maximum Gasteiger partial charge on any atom is 0.338 e. The minimum atomic E-state index is -0.929. The Balaban J connectivity index is 1.90. The van der Waals surface area contributed by atoms with Crippen molar-refractivity contribution >= 4 is 16.7 Å². The molecule has 2 N–H and O–H groups in total. The van der Waals surface area contributed by atoms with Crippen LogP contribution in [0, 0.1) is 11.6 Å². The molecular weight excluding hydrogens is 510 g/mol. The van der Waals surface area contributed by atoms with Gasteiger partial charge in [-0.2, -0.15) is 5.10 Å². The minimum Gasteiger partial charge on any atom is -0.388 e. The fraction of sp³-hybridized carbons (Fsp3) is 0.192. The first kappa shape index (κ1) is 25.7. The van der Waals surface area contributed by atoms with E-state index in [1.807, 2.05) is 17.0 Å². The van der Waals surface area contributed by atoms with Crippen LogP contribution in [0.5, 0.6) is 0 Å². The Bertz CT molecular complexity index is 1830. The number of fused-ring (bicyclic) bond motifs is 1. The lowest BCUT2D eigenvalue weighted by atomic mass is 10.2. The van der Waals surface area contributed by atoms with Gasteiger partial charge >= 0.3 is 5.69 Å². The molecule has 0 aliphatic carbocycles. The van der Waals surface area contributed by atoms with Crippen LogP contribution in [0.3, 0.4) is 0 Å². The minimum absolute atomic E-state index is 0.0529. The average molecular weight is 535 g/mol. The summed E-state index contributed by atoms with van der Waals surface area (Å²) in [4.78, 5) is 41.1. The van der Waals surface area contributed by atoms with Crippen LogP contribution in [0.25, 0.3) is 22.5 Å². The van der Waals surface area contributed by atoms with E-state index >= 15 is 0 Å². The molecule has 5 aromatic rings. The molecule has 11 nitrogen and oxygen atoms in total. The quantitative estimate of drug-likeness (QED) is 0.327. The summed E-state index contributed by atoms with van der Waals surface area (Å²) >= 11 is 0. The Kier molecular flexibility index (Phi) is 6.66. The highest BCUT2D eigenvalue weighted by atomic mass is 19.1. The largest absolute Gasteiger partial charge is 0.388 e. The van der Waals surface area contributed by atoms with E-state index in [2.05, 4.69) is 20.6 Å². The average Bonchev–Trinajstić information content (AvgIpc) is 3.27. The Morgan fingerprint density at radius 3 is 2.26 bits per heavy atom. The van der Waals surface area contributed by atoms with Crippen molar-refractivity contribution in [1.29, 1.82) is 0 Å². The van der Waals surface area contributed by atoms with E-state index in [9.17, 15) is 23.2 Å². The number of benzene rings is 2. The number of rotatable bonds is 7. The number of anilines is 1. The number of H-pyrrole nitrogens is 1. The molecule has 0 saturated carbocycles. The fourth-order valence-electron chi connectivity index (χ4n) is 4.33. The van der Waals surface area contributed by atoms with Gasteiger partial charge in [0.2, 0.25) is 0 Å². The lowest BCUT2D eigenvalue weighted by molar-refractivity contribution is 0.393. The van der Waals surface area contributed by atoms with Gasteiger partial charge in [0.05, 0.1) is 17.9 Å². The van der Waals surface area contributed by atoms with Crippen LogP contribution in [0.15, 0.2) is 69.0 Å². The van der Waals surface area contributed by atoms with E-state index in [-0.39, 0.29) is 29.0 Å². The molecule has 2 aromatic carbocycles. The molecule has 0 aliphatic rings. The smallest absolute Gasteiger partial charge is 0.338 e. The summed E-state index contributed by atoms with van der Waals surface area (Å²) in [5.41, 5.74) is -0.735. The first-order valence-electron chi connectivity index (χ1n) is 11.9. The van der Waals surface area contributed by atoms with Gasteiger partial charge in [-0.15, -0.1) is 5.10 Å². The fourth-order valence-corrected chi connectivity index (χ4v) is 4.33. The zero-order valence-electron chi connectivity index (χ0n) is 21.3. The Labute approximate surface area is 219 Å². The highest BCUT2D eigenvalue weighted by Crippen LogP contribution is 2.23. The number of hydrogen-bond donors (Lipinski definition) is 2. The second-order valence-corrected chi connectivity index (χ2v) is 9.08. The first-order valence-corrected chi connectivity index (χ1v) is 11.9. The molecule has 0 bridgehead atoms. The summed E-state index contributed by atoms with van der Waals surface area (Å²) in [5.74, 6) is -1.87. The van der Waals surface area contributed by atoms with Gasteiger partial charge in [-0.3, -0.25) is 14.2 Å². The van der Waals surface area contributed by atoms with Gasteiger partial charge in [0.15, 0.2) is 11.5 Å². The van der Waals surface area contributed by atoms with E-state index < -0.39 is 35.0 Å². The standard InChI is InChI=1S/C26H24F2N8O3/c1-29-15-7-9-16(10-8-15)36-20(14-33(2)3)23-24(32-36)34(13-17-18(27)5-4-6-19(17)28)26(39)35(25(23)38)21-11-12-22(37)31-30-21/h4-12,29H,13-14H2,1-3H3,(H,31,37). The molecule has 0 saturated heterocycles. The van der Waals surface area contributed by atoms with Crippen molar-refractivity contribution in [3.8, 4) is 11.5 Å². The van der Waals surface area contributed by atoms with Gasteiger partial charge in [0.1, 0.15) is 17.0 Å². The van der Waals surface area contributed by atoms with E-state index in [0.717, 1.165) is 33.0 Å². The summed E-state index contributed by atoms with van der Waals surface area (Å²) in [6, 6.07) is 12.9. The SMILES string of the molecule is CNc1ccc(-n2nc3c(c2CN(C)C)c(=O)n(-c2ccc(=O)[nH]n2)c(=O)n3Cc2c(F)cccc2F)cc1. The van der Waals surface area contributed by atoms with Crippen molar-refractivity contribution in [2.45, 2.75) is 13.1 Å². The number of aromatic amines is 1. The van der Waals surface area contributed by atoms with Gasteiger partial charge in [-0.25, -0.2) is 27.9 Å². The van der Waals surface area contributed by atoms with Crippen LogP contribution in [-0.4, -0.2) is 55.2 Å². The normalized spacial score (nSPS) is 11.4. The van der Waals surface area contributed by atoms with E-state index in [1.165, 1.54) is 16.8 Å². The third-order valence-corrected chi connectivity index (χ3v) is 6.20. The van der Waals surface area contributed by atoms with Crippen molar-refractivity contribution in [3.63, 3.8) is 0 Å². The van der Waals surface area contributed by atoms with Crippen LogP contribution in [0.1, 0.15) is 11.3 Å². The van der Waals surface area contributed by atoms with Crippen LogP contribution in [0.4, 0.5) is 14.5 Å². The third kappa shape index (κ3) is 4.63. The van der Waals surface area contributed by atoms with Gasteiger partial charge in [-0.1, -0.05) is 6.07 Å². The topological polar surface area (TPSA) is 123 Å². The molecule has 3 heterocycles. The zero-order chi connectivity index (χ0) is 27.8. The Morgan fingerprint density at radius 2 is 1.67 bits per heavy atom. The van der Waals surface area contributed by atoms with Gasteiger partial charge in [0.25, 0.3) is 11.1 Å². The number of hydrogen-bond acceptors (Lipinski definition) is 7. The number of nitrogens with zero attached hydrogens (tertiary/aromatic N) is 6. The number of halogens is 2. The second kappa shape index (κ2) is 10.1. The van der Waals surface area contributed by atoms with Crippen LogP contribution < -0.4 is 22.1 Å². The molecule has 0 spiro atoms. The van der Waals surface area contributed by atoms with Gasteiger partial charge in [0, 0.05) is 30.9 Å². The Hall–Kier alpha value is -4.91. The van der Waals surface area contributed by atoms with E-state index in [4.69, 9.17) is 0 Å². The lowest BCUT2D eigenvalue weighted by Gasteiger charge is -2.14. The van der Waals surface area contributed by atoms with Crippen molar-refractivity contribution < 1.29 is 8.78 Å². The molecular formula is C26H24F2N8O3. The van der Waals surface area contributed by atoms with E-state index in [0.29, 0.717) is 11.4 Å². The summed E-state index contributed by atoms with van der Waals surface area (Å²) in [6.07, 6.45) is 0.